The standard InChI is InChI=1S/C30H36F3N3O.2C29H35F4N3O.C29H36F3N3O/c1-3-20-16-35(17-20)11-12-37-21-14-24(31)27(25(32)15-21)29-28-23(22-7-4-5-8-26(22)34-28)13-19(2)36(29)18-30(33)9-6-10-30;2*1-4-29(3,33)17-36-18(2)11-22-21-7-5-6-8-25(21)34-27(22)28(36)26-23(31)12-20(13-24(26)32)37-10-9-35-15-19(14-30)16-35;1-5-10-34-14-19(15-34)16-36-20-12-23(30)26(24(31)13-20)28-27-22(21-8-6-7-9-25(21)33-27)11-18(2)35(28)17-29(3,4)32/h4-5,7-8,14-15,19-20,29,34H,3,6,9-13,16-18H2,1-2H3;2*5-8,12-13,18-19,28,34H,4,9-11,14-17H2,1-3H3;6-9,12-13,18-19,28,33H,5,10-11,14-17H2,1-4H3/t19-,29-;18-,28-,29+;18-,28-,29-;18-,28-/m1111/s1. The number of hydrogen-bond acceptors (Lipinski definition) is 12. The van der Waals surface area contributed by atoms with Crippen LogP contribution in [0.2, 0.25) is 0 Å². The number of fused-ring (bicyclic) bond motifs is 12. The van der Waals surface area contributed by atoms with Crippen molar-refractivity contribution in [3.05, 3.63) is 259 Å². The molecule has 10 atom stereocenters. The smallest absolute Gasteiger partial charge is 0.135 e. The molecular formula is C117H142F14N12O4. The summed E-state index contributed by atoms with van der Waals surface area (Å²) >= 11 is 0. The summed E-state index contributed by atoms with van der Waals surface area (Å²) in [7, 11) is 0. The molecule has 12 aromatic rings. The normalized spacial score (nSPS) is 22.7. The number of aromatic nitrogens is 4. The number of benzene rings is 8. The van der Waals surface area contributed by atoms with E-state index >= 15 is 48.3 Å². The van der Waals surface area contributed by atoms with E-state index in [2.05, 4.69) is 43.6 Å². The topological polar surface area (TPSA) is 126 Å². The number of para-hydroxylation sites is 4. The summed E-state index contributed by atoms with van der Waals surface area (Å²) in [6, 6.07) is 37.9. The molecule has 0 amide bonds. The highest BCUT2D eigenvalue weighted by atomic mass is 19.2. The highest BCUT2D eigenvalue weighted by Gasteiger charge is 2.50. The Bertz CT molecular complexity index is 6020. The van der Waals surface area contributed by atoms with E-state index in [1.54, 1.807) is 13.8 Å². The molecule has 0 radical (unpaired) electrons. The number of hydrogen-bond donors (Lipinski definition) is 4. The molecule has 792 valence electrons. The fourth-order valence-electron chi connectivity index (χ4n) is 23.7. The molecule has 0 unspecified atom stereocenters. The predicted molar refractivity (Wildman–Crippen MR) is 552 cm³/mol. The van der Waals surface area contributed by atoms with Crippen molar-refractivity contribution >= 4 is 43.6 Å². The van der Waals surface area contributed by atoms with Crippen LogP contribution >= 0.6 is 0 Å². The minimum atomic E-state index is -1.53. The molecule has 147 heavy (non-hydrogen) atoms. The zero-order valence-corrected chi connectivity index (χ0v) is 86.6. The van der Waals surface area contributed by atoms with Crippen LogP contribution < -0.4 is 18.9 Å². The van der Waals surface area contributed by atoms with Crippen LogP contribution in [0.25, 0.3) is 43.6 Å². The molecule has 4 N–H and O–H groups in total. The summed E-state index contributed by atoms with van der Waals surface area (Å²) in [6.45, 7) is 32.7. The Hall–Kier alpha value is -10.2. The van der Waals surface area contributed by atoms with Gasteiger partial charge in [-0.1, -0.05) is 107 Å². The SMILES string of the molecule is CCC1CN(CCOc2cc(F)c([C@@H]3c4[nH]c5ccccc5c4C[C@@H](C)N3CC3(F)CCC3)c(F)c2)C1.CCCN1CC(COc2cc(F)c([C@@H]3c4[nH]c5ccccc5c4C[C@@H](C)N3CC(C)(C)F)c(F)c2)C1.CC[C@@](C)(F)CN1[C@H](c2c(F)cc(OCCN3CC(CF)C3)cc2F)c2[nH]c3ccccc3c2C[C@H]1C.CC[C@](C)(F)CN1[C@H](c2c(F)cc(OCCN3CC(CF)C3)cc2F)c2[nH]c3ccccc3c2C[C@H]1C. The Morgan fingerprint density at radius 3 is 0.905 bits per heavy atom. The Balaban J connectivity index is 0.000000128. The fourth-order valence-corrected chi connectivity index (χ4v) is 23.7. The summed E-state index contributed by atoms with van der Waals surface area (Å²) in [6.07, 6.45) is 7.40. The number of likely N-dealkylation sites (tertiary alicyclic amines) is 4. The Labute approximate surface area is 853 Å². The number of alkyl halides is 6. The van der Waals surface area contributed by atoms with Gasteiger partial charge in [-0.15, -0.1) is 0 Å². The number of H-pyrrole nitrogens is 4. The van der Waals surface area contributed by atoms with Gasteiger partial charge in [0.15, 0.2) is 0 Å². The maximum atomic E-state index is 15.8. The second kappa shape index (κ2) is 44.8. The third-order valence-corrected chi connectivity index (χ3v) is 32.3. The Morgan fingerprint density at radius 2 is 0.626 bits per heavy atom. The van der Waals surface area contributed by atoms with Gasteiger partial charge in [0.2, 0.25) is 0 Å². The van der Waals surface area contributed by atoms with E-state index < -0.39 is 93.4 Å². The van der Waals surface area contributed by atoms with Gasteiger partial charge in [0.25, 0.3) is 0 Å². The molecule has 8 aliphatic heterocycles. The van der Waals surface area contributed by atoms with Crippen LogP contribution in [0.1, 0.15) is 219 Å². The molecule has 16 nitrogen and oxygen atoms in total. The number of ether oxygens (including phenoxy) is 4. The van der Waals surface area contributed by atoms with Crippen LogP contribution in [0.15, 0.2) is 146 Å². The minimum Gasteiger partial charge on any atom is -0.493 e. The molecular weight excluding hydrogens is 1900 g/mol. The first-order chi connectivity index (χ1) is 70.4. The Morgan fingerprint density at radius 1 is 0.354 bits per heavy atom. The van der Waals surface area contributed by atoms with Crippen molar-refractivity contribution in [3.63, 3.8) is 0 Å². The average Bonchev–Trinajstić information content (AvgIpc) is 1.62. The van der Waals surface area contributed by atoms with Crippen molar-refractivity contribution in [3.8, 4) is 23.0 Å². The van der Waals surface area contributed by atoms with Crippen LogP contribution in [0.5, 0.6) is 23.0 Å². The maximum Gasteiger partial charge on any atom is 0.135 e. The van der Waals surface area contributed by atoms with Crippen LogP contribution in [-0.2, 0) is 25.7 Å². The molecule has 9 aliphatic rings. The van der Waals surface area contributed by atoms with Crippen molar-refractivity contribution in [2.75, 3.05) is 144 Å². The lowest BCUT2D eigenvalue weighted by Crippen LogP contribution is -2.52. The van der Waals surface area contributed by atoms with Crippen molar-refractivity contribution < 1.29 is 80.4 Å². The average molecular weight is 2050 g/mol. The van der Waals surface area contributed by atoms with E-state index in [0.29, 0.717) is 121 Å². The van der Waals surface area contributed by atoms with E-state index in [-0.39, 0.29) is 134 Å². The first kappa shape index (κ1) is 107. The summed E-state index contributed by atoms with van der Waals surface area (Å²) in [5.41, 5.74) is 4.51. The monoisotopic (exact) mass is 2050 g/mol. The van der Waals surface area contributed by atoms with Crippen LogP contribution in [0.4, 0.5) is 61.5 Å². The second-order valence-corrected chi connectivity index (χ2v) is 44.3. The van der Waals surface area contributed by atoms with E-state index in [4.69, 9.17) is 18.9 Å². The van der Waals surface area contributed by atoms with Gasteiger partial charge in [0.05, 0.1) is 44.1 Å². The maximum absolute atomic E-state index is 15.8. The van der Waals surface area contributed by atoms with Crippen molar-refractivity contribution in [1.29, 1.82) is 0 Å². The van der Waals surface area contributed by atoms with Gasteiger partial charge in [-0.2, -0.15) is 0 Å². The van der Waals surface area contributed by atoms with Gasteiger partial charge < -0.3 is 43.8 Å². The van der Waals surface area contributed by atoms with Gasteiger partial charge >= 0.3 is 0 Å². The number of halogens is 14. The summed E-state index contributed by atoms with van der Waals surface area (Å²) in [4.78, 5) is 30.0. The van der Waals surface area contributed by atoms with Gasteiger partial charge in [0, 0.05) is 277 Å². The van der Waals surface area contributed by atoms with Gasteiger partial charge in [-0.25, -0.2) is 52.7 Å². The van der Waals surface area contributed by atoms with Crippen molar-refractivity contribution in [2.24, 2.45) is 23.7 Å². The van der Waals surface area contributed by atoms with Crippen LogP contribution in [-0.4, -0.2) is 250 Å². The lowest BCUT2D eigenvalue weighted by Gasteiger charge is -2.46. The lowest BCUT2D eigenvalue weighted by atomic mass is 9.79. The molecule has 30 heteroatoms. The van der Waals surface area contributed by atoms with E-state index in [1.165, 1.54) is 82.6 Å². The van der Waals surface area contributed by atoms with Crippen LogP contribution in [0.3, 0.4) is 0 Å². The molecule has 5 fully saturated rings. The lowest BCUT2D eigenvalue weighted by molar-refractivity contribution is -0.00817. The quantitative estimate of drug-likeness (QED) is 0.0287. The zero-order valence-electron chi connectivity index (χ0n) is 86.6. The molecule has 4 aromatic heterocycles. The second-order valence-electron chi connectivity index (χ2n) is 44.3. The molecule has 0 bridgehead atoms. The van der Waals surface area contributed by atoms with Crippen molar-refractivity contribution in [2.45, 2.75) is 225 Å². The molecule has 21 rings (SSSR count). The van der Waals surface area contributed by atoms with Crippen LogP contribution in [0, 0.1) is 70.2 Å². The molecule has 1 aliphatic carbocycles. The van der Waals surface area contributed by atoms with E-state index in [9.17, 15) is 13.2 Å². The third kappa shape index (κ3) is 23.2. The first-order valence-electron chi connectivity index (χ1n) is 53.0. The largest absolute Gasteiger partial charge is 0.493 e. The Kier molecular flexibility index (Phi) is 32.5. The summed E-state index contributed by atoms with van der Waals surface area (Å²) < 4.78 is 235. The zero-order chi connectivity index (χ0) is 104. The number of nitrogens with zero attached hydrogens (tertiary/aromatic N) is 8. The number of rotatable bonds is 34. The fraction of sp³-hybridized carbons (Fsp3) is 0.521. The third-order valence-electron chi connectivity index (χ3n) is 32.3. The minimum absolute atomic E-state index is 0.0387. The first-order valence-corrected chi connectivity index (χ1v) is 53.0. The van der Waals surface area contributed by atoms with E-state index in [1.807, 2.05) is 154 Å². The number of aromatic amines is 4. The molecule has 12 heterocycles. The van der Waals surface area contributed by atoms with Crippen molar-refractivity contribution in [1.82, 2.24) is 59.1 Å². The van der Waals surface area contributed by atoms with E-state index in [0.717, 1.165) is 135 Å². The highest BCUT2D eigenvalue weighted by molar-refractivity contribution is 5.88. The van der Waals surface area contributed by atoms with Gasteiger partial charge in [0.1, 0.15) is 112 Å². The molecule has 4 saturated heterocycles. The number of nitrogens with one attached hydrogen (secondary N) is 4. The van der Waals surface area contributed by atoms with Gasteiger partial charge in [-0.3, -0.25) is 43.1 Å². The molecule has 0 spiro atoms. The summed E-state index contributed by atoms with van der Waals surface area (Å²) in [5.74, 6) is -3.66. The predicted octanol–water partition coefficient (Wildman–Crippen LogP) is 25.0. The van der Waals surface area contributed by atoms with Gasteiger partial charge in [-0.05, 0) is 179 Å². The summed E-state index contributed by atoms with van der Waals surface area (Å²) in [5, 5.41) is 4.15. The molecule has 1 saturated carbocycles. The molecule has 8 aromatic carbocycles. The highest BCUT2D eigenvalue weighted by Crippen LogP contribution is 2.52.